The van der Waals surface area contributed by atoms with Gasteiger partial charge in [0.2, 0.25) is 5.91 Å². The molecule has 0 bridgehead atoms. The minimum Gasteiger partial charge on any atom is -0.369 e. The van der Waals surface area contributed by atoms with Crippen molar-refractivity contribution >= 4 is 5.91 Å². The minimum atomic E-state index is -0.392. The van der Waals surface area contributed by atoms with Crippen LogP contribution in [0, 0.1) is 5.41 Å². The first-order valence-corrected chi connectivity index (χ1v) is 4.08. The summed E-state index contributed by atoms with van der Waals surface area (Å²) in [6.45, 7) is 4.82. The molecule has 0 unspecified atom stereocenters. The summed E-state index contributed by atoms with van der Waals surface area (Å²) in [5, 5.41) is 3.28. The molecule has 1 aliphatic rings. The van der Waals surface area contributed by atoms with E-state index in [1.165, 1.54) is 0 Å². The van der Waals surface area contributed by atoms with Gasteiger partial charge in [-0.1, -0.05) is 0 Å². The summed E-state index contributed by atoms with van der Waals surface area (Å²) in [6, 6.07) is 0.278. The second-order valence-corrected chi connectivity index (χ2v) is 3.73. The maximum Gasteiger partial charge on any atom is 0.224 e. The summed E-state index contributed by atoms with van der Waals surface area (Å²) < 4.78 is 0. The van der Waals surface area contributed by atoms with Crippen LogP contribution in [0.25, 0.3) is 0 Å². The highest BCUT2D eigenvalue weighted by Crippen LogP contribution is 2.26. The van der Waals surface area contributed by atoms with Gasteiger partial charge in [-0.15, -0.1) is 0 Å². The number of amides is 1. The maximum absolute atomic E-state index is 11.0. The van der Waals surface area contributed by atoms with Crippen molar-refractivity contribution in [3.05, 3.63) is 0 Å². The average molecular weight is 156 g/mol. The van der Waals surface area contributed by atoms with Gasteiger partial charge < -0.3 is 11.1 Å². The van der Waals surface area contributed by atoms with Crippen LogP contribution < -0.4 is 11.1 Å². The topological polar surface area (TPSA) is 55.1 Å². The van der Waals surface area contributed by atoms with Gasteiger partial charge in [0.05, 0.1) is 5.41 Å². The zero-order valence-corrected chi connectivity index (χ0v) is 7.18. The molecule has 1 aliphatic heterocycles. The third-order valence-electron chi connectivity index (χ3n) is 2.57. The minimum absolute atomic E-state index is 0.211. The third-order valence-corrected chi connectivity index (χ3v) is 2.57. The molecular weight excluding hydrogens is 140 g/mol. The Morgan fingerprint density at radius 2 is 2.27 bits per heavy atom. The first kappa shape index (κ1) is 8.53. The van der Waals surface area contributed by atoms with Gasteiger partial charge in [0.15, 0.2) is 0 Å². The SMILES string of the molecule is CC(C)(C(N)=O)[C@@H]1CCCN1. The standard InChI is InChI=1S/C8H16N2O/c1-8(2,7(9)11)6-4-3-5-10-6/h6,10H,3-5H2,1-2H3,(H2,9,11)/t6-/m0/s1. The zero-order valence-electron chi connectivity index (χ0n) is 7.18. The largest absolute Gasteiger partial charge is 0.369 e. The van der Waals surface area contributed by atoms with Crippen molar-refractivity contribution in [2.45, 2.75) is 32.7 Å². The van der Waals surface area contributed by atoms with Crippen LogP contribution >= 0.6 is 0 Å². The van der Waals surface area contributed by atoms with E-state index in [1.807, 2.05) is 13.8 Å². The number of primary amides is 1. The maximum atomic E-state index is 11.0. The monoisotopic (exact) mass is 156 g/mol. The Hall–Kier alpha value is -0.570. The molecule has 0 aliphatic carbocycles. The molecule has 3 heteroatoms. The highest BCUT2D eigenvalue weighted by Gasteiger charge is 2.36. The van der Waals surface area contributed by atoms with E-state index < -0.39 is 5.41 Å². The Kier molecular flexibility index (Phi) is 2.18. The molecule has 64 valence electrons. The van der Waals surface area contributed by atoms with Crippen molar-refractivity contribution in [3.8, 4) is 0 Å². The van der Waals surface area contributed by atoms with Crippen LogP contribution in [0.5, 0.6) is 0 Å². The summed E-state index contributed by atoms with van der Waals surface area (Å²) >= 11 is 0. The van der Waals surface area contributed by atoms with Crippen molar-refractivity contribution in [2.75, 3.05) is 6.54 Å². The molecule has 0 aromatic rings. The molecule has 0 saturated carbocycles. The number of carbonyl (C=O) groups excluding carboxylic acids is 1. The summed E-state index contributed by atoms with van der Waals surface area (Å²) in [6.07, 6.45) is 2.22. The summed E-state index contributed by atoms with van der Waals surface area (Å²) in [7, 11) is 0. The molecule has 1 amide bonds. The lowest BCUT2D eigenvalue weighted by Crippen LogP contribution is -2.46. The van der Waals surface area contributed by atoms with Gasteiger partial charge >= 0.3 is 0 Å². The second kappa shape index (κ2) is 2.81. The number of rotatable bonds is 2. The molecule has 1 atom stereocenters. The molecule has 11 heavy (non-hydrogen) atoms. The Morgan fingerprint density at radius 3 is 2.64 bits per heavy atom. The molecule has 1 fully saturated rings. The van der Waals surface area contributed by atoms with Crippen molar-refractivity contribution in [2.24, 2.45) is 11.1 Å². The quantitative estimate of drug-likeness (QED) is 0.602. The van der Waals surface area contributed by atoms with E-state index in [0.29, 0.717) is 0 Å². The predicted octanol–water partition coefficient (Wildman–Crippen LogP) is 0.250. The number of nitrogens with one attached hydrogen (secondary N) is 1. The van der Waals surface area contributed by atoms with Crippen LogP contribution in [0.4, 0.5) is 0 Å². The second-order valence-electron chi connectivity index (χ2n) is 3.73. The van der Waals surface area contributed by atoms with E-state index in [2.05, 4.69) is 5.32 Å². The summed E-state index contributed by atoms with van der Waals surface area (Å²) in [5.74, 6) is -0.211. The Bertz CT molecular complexity index is 159. The number of hydrogen-bond donors (Lipinski definition) is 2. The summed E-state index contributed by atoms with van der Waals surface area (Å²) in [5.41, 5.74) is 4.88. The number of nitrogens with two attached hydrogens (primary N) is 1. The lowest BCUT2D eigenvalue weighted by atomic mass is 9.83. The highest BCUT2D eigenvalue weighted by atomic mass is 16.1. The zero-order chi connectivity index (χ0) is 8.48. The first-order valence-electron chi connectivity index (χ1n) is 4.08. The van der Waals surface area contributed by atoms with Crippen molar-refractivity contribution in [1.29, 1.82) is 0 Å². The van der Waals surface area contributed by atoms with E-state index in [0.717, 1.165) is 19.4 Å². The smallest absolute Gasteiger partial charge is 0.224 e. The highest BCUT2D eigenvalue weighted by molar-refractivity contribution is 5.80. The fourth-order valence-corrected chi connectivity index (χ4v) is 1.47. The van der Waals surface area contributed by atoms with Crippen molar-refractivity contribution in [1.82, 2.24) is 5.32 Å². The van der Waals surface area contributed by atoms with E-state index in [1.54, 1.807) is 0 Å². The summed E-state index contributed by atoms with van der Waals surface area (Å²) in [4.78, 5) is 11.0. The molecule has 1 saturated heterocycles. The van der Waals surface area contributed by atoms with Crippen molar-refractivity contribution in [3.63, 3.8) is 0 Å². The molecule has 3 N–H and O–H groups in total. The van der Waals surface area contributed by atoms with Gasteiger partial charge in [0.25, 0.3) is 0 Å². The van der Waals surface area contributed by atoms with Gasteiger partial charge in [-0.05, 0) is 33.2 Å². The fourth-order valence-electron chi connectivity index (χ4n) is 1.47. The van der Waals surface area contributed by atoms with Crippen LogP contribution in [0.2, 0.25) is 0 Å². The lowest BCUT2D eigenvalue weighted by molar-refractivity contribution is -0.127. The van der Waals surface area contributed by atoms with E-state index in [9.17, 15) is 4.79 Å². The van der Waals surface area contributed by atoms with Crippen LogP contribution in [-0.2, 0) is 4.79 Å². The molecular formula is C8H16N2O. The van der Waals surface area contributed by atoms with E-state index in [-0.39, 0.29) is 11.9 Å². The Balaban J connectivity index is 2.62. The average Bonchev–Trinajstić information content (AvgIpc) is 2.37. The van der Waals surface area contributed by atoms with Crippen LogP contribution in [0.15, 0.2) is 0 Å². The molecule has 0 aromatic carbocycles. The molecule has 1 rings (SSSR count). The molecule has 3 nitrogen and oxygen atoms in total. The lowest BCUT2D eigenvalue weighted by Gasteiger charge is -2.27. The fraction of sp³-hybridized carbons (Fsp3) is 0.875. The van der Waals surface area contributed by atoms with E-state index in [4.69, 9.17) is 5.73 Å². The van der Waals surface area contributed by atoms with E-state index >= 15 is 0 Å². The first-order chi connectivity index (χ1) is 5.05. The van der Waals surface area contributed by atoms with Gasteiger partial charge in [-0.25, -0.2) is 0 Å². The molecule has 0 radical (unpaired) electrons. The van der Waals surface area contributed by atoms with Crippen LogP contribution in [-0.4, -0.2) is 18.5 Å². The normalized spacial score (nSPS) is 25.5. The van der Waals surface area contributed by atoms with Crippen LogP contribution in [0.1, 0.15) is 26.7 Å². The molecule has 0 spiro atoms. The number of carbonyl (C=O) groups is 1. The van der Waals surface area contributed by atoms with Crippen LogP contribution in [0.3, 0.4) is 0 Å². The third kappa shape index (κ3) is 1.53. The predicted molar refractivity (Wildman–Crippen MR) is 44.0 cm³/mol. The Morgan fingerprint density at radius 1 is 1.64 bits per heavy atom. The van der Waals surface area contributed by atoms with Gasteiger partial charge in [0.1, 0.15) is 0 Å². The number of hydrogen-bond acceptors (Lipinski definition) is 2. The van der Waals surface area contributed by atoms with Gasteiger partial charge in [0, 0.05) is 6.04 Å². The van der Waals surface area contributed by atoms with Crippen molar-refractivity contribution < 1.29 is 4.79 Å². The van der Waals surface area contributed by atoms with Gasteiger partial charge in [-0.2, -0.15) is 0 Å². The molecule has 0 aromatic heterocycles. The van der Waals surface area contributed by atoms with Gasteiger partial charge in [-0.3, -0.25) is 4.79 Å². The Labute approximate surface area is 67.3 Å². The molecule has 1 heterocycles.